The zero-order valence-corrected chi connectivity index (χ0v) is 23.8. The van der Waals surface area contributed by atoms with Crippen molar-refractivity contribution in [1.29, 1.82) is 0 Å². The normalized spacial score (nSPS) is 18.1. The Hall–Kier alpha value is -3.57. The lowest BCUT2D eigenvalue weighted by Crippen LogP contribution is -2.47. The van der Waals surface area contributed by atoms with Crippen LogP contribution in [-0.2, 0) is 0 Å². The number of anilines is 1. The number of H-pyrrole nitrogens is 1. The maximum Gasteiger partial charge on any atom is 0.146 e. The van der Waals surface area contributed by atoms with Gasteiger partial charge in [0.2, 0.25) is 0 Å². The molecule has 1 saturated heterocycles. The van der Waals surface area contributed by atoms with E-state index in [2.05, 4.69) is 89.9 Å². The Morgan fingerprint density at radius 2 is 1.74 bits per heavy atom. The summed E-state index contributed by atoms with van der Waals surface area (Å²) in [7, 11) is 0. The highest BCUT2D eigenvalue weighted by molar-refractivity contribution is 5.76. The van der Waals surface area contributed by atoms with Gasteiger partial charge in [-0.3, -0.25) is 4.90 Å². The Labute approximate surface area is 232 Å². The van der Waals surface area contributed by atoms with Crippen LogP contribution in [0.4, 0.5) is 5.69 Å². The monoisotopic (exact) mass is 520 g/mol. The first-order valence-electron chi connectivity index (χ1n) is 14.3. The van der Waals surface area contributed by atoms with Gasteiger partial charge in [-0.25, -0.2) is 4.98 Å². The molecule has 0 saturated carbocycles. The Bertz CT molecular complexity index is 1490. The van der Waals surface area contributed by atoms with E-state index in [9.17, 15) is 0 Å². The van der Waals surface area contributed by atoms with Crippen molar-refractivity contribution in [3.8, 4) is 11.5 Å². The molecule has 2 aliphatic rings. The summed E-state index contributed by atoms with van der Waals surface area (Å²) in [4.78, 5) is 12.8. The standard InChI is InChI=1S/C34H40N4O/c1-24-5-8-26(9-6-24)31-21-34(3,4)13-11-28(31)23-37-15-17-38(18-16-37)29-10-7-25(2)32(20-29)39-30-19-27-12-14-35-33(27)36-22-30/h5-10,12,14,19-20,22H,11,13,15-18,21,23H2,1-4H3,(H,35,36). The van der Waals surface area contributed by atoms with Crippen molar-refractivity contribution < 1.29 is 4.74 Å². The molecule has 1 aliphatic carbocycles. The third kappa shape index (κ3) is 5.74. The van der Waals surface area contributed by atoms with Crippen LogP contribution in [0.15, 0.2) is 72.6 Å². The lowest BCUT2D eigenvalue weighted by molar-refractivity contribution is 0.264. The van der Waals surface area contributed by atoms with Crippen LogP contribution >= 0.6 is 0 Å². The van der Waals surface area contributed by atoms with Gasteiger partial charge < -0.3 is 14.6 Å². The van der Waals surface area contributed by atoms with Gasteiger partial charge in [-0.1, -0.05) is 55.3 Å². The molecule has 0 radical (unpaired) electrons. The molecule has 39 heavy (non-hydrogen) atoms. The number of fused-ring (bicyclic) bond motifs is 1. The third-order valence-electron chi connectivity index (χ3n) is 8.51. The molecule has 3 heterocycles. The molecule has 5 heteroatoms. The van der Waals surface area contributed by atoms with E-state index in [4.69, 9.17) is 4.74 Å². The number of pyridine rings is 1. The fourth-order valence-corrected chi connectivity index (χ4v) is 6.00. The summed E-state index contributed by atoms with van der Waals surface area (Å²) >= 11 is 0. The number of ether oxygens (including phenoxy) is 1. The molecular formula is C34H40N4O. The van der Waals surface area contributed by atoms with Gasteiger partial charge in [0, 0.05) is 56.1 Å². The summed E-state index contributed by atoms with van der Waals surface area (Å²) in [6.45, 7) is 14.4. The minimum absolute atomic E-state index is 0.372. The lowest BCUT2D eigenvalue weighted by atomic mass is 9.72. The maximum absolute atomic E-state index is 6.30. The van der Waals surface area contributed by atoms with E-state index >= 15 is 0 Å². The van der Waals surface area contributed by atoms with Gasteiger partial charge in [0.25, 0.3) is 0 Å². The zero-order valence-electron chi connectivity index (χ0n) is 23.8. The molecule has 4 aromatic rings. The van der Waals surface area contributed by atoms with Crippen LogP contribution in [0, 0.1) is 19.3 Å². The molecule has 202 valence electrons. The van der Waals surface area contributed by atoms with E-state index < -0.39 is 0 Å². The van der Waals surface area contributed by atoms with Crippen molar-refractivity contribution in [3.05, 3.63) is 89.3 Å². The molecule has 6 rings (SSSR count). The molecular weight excluding hydrogens is 480 g/mol. The van der Waals surface area contributed by atoms with Crippen LogP contribution in [0.1, 0.15) is 49.8 Å². The van der Waals surface area contributed by atoms with Crippen LogP contribution in [0.5, 0.6) is 11.5 Å². The number of allylic oxidation sites excluding steroid dienone is 1. The van der Waals surface area contributed by atoms with Gasteiger partial charge in [0.15, 0.2) is 0 Å². The topological polar surface area (TPSA) is 44.4 Å². The number of benzene rings is 2. The summed E-state index contributed by atoms with van der Waals surface area (Å²) in [5.74, 6) is 1.66. The van der Waals surface area contributed by atoms with E-state index in [-0.39, 0.29) is 0 Å². The number of hydrogen-bond donors (Lipinski definition) is 1. The van der Waals surface area contributed by atoms with Crippen LogP contribution in [0.2, 0.25) is 0 Å². The first kappa shape index (κ1) is 25.7. The predicted molar refractivity (Wildman–Crippen MR) is 162 cm³/mol. The van der Waals surface area contributed by atoms with Crippen LogP contribution < -0.4 is 9.64 Å². The largest absolute Gasteiger partial charge is 0.455 e. The minimum Gasteiger partial charge on any atom is -0.455 e. The molecule has 1 aliphatic heterocycles. The van der Waals surface area contributed by atoms with Crippen LogP contribution in [0.25, 0.3) is 16.6 Å². The number of nitrogens with one attached hydrogen (secondary N) is 1. The summed E-state index contributed by atoms with van der Waals surface area (Å²) in [6, 6.07) is 19.8. The molecule has 0 unspecified atom stereocenters. The summed E-state index contributed by atoms with van der Waals surface area (Å²) in [6.07, 6.45) is 7.34. The highest BCUT2D eigenvalue weighted by atomic mass is 16.5. The Balaban J connectivity index is 1.13. The Morgan fingerprint density at radius 3 is 2.54 bits per heavy atom. The average molecular weight is 521 g/mol. The molecule has 0 atom stereocenters. The molecule has 1 N–H and O–H groups in total. The number of aromatic nitrogens is 2. The second kappa shape index (κ2) is 10.5. The highest BCUT2D eigenvalue weighted by Gasteiger charge is 2.29. The molecule has 5 nitrogen and oxygen atoms in total. The number of aromatic amines is 1. The summed E-state index contributed by atoms with van der Waals surface area (Å²) in [5, 5.41) is 1.06. The van der Waals surface area contributed by atoms with Crippen molar-refractivity contribution >= 4 is 22.3 Å². The number of nitrogens with zero attached hydrogens (tertiary/aromatic N) is 3. The van der Waals surface area contributed by atoms with Gasteiger partial charge in [0.1, 0.15) is 17.1 Å². The SMILES string of the molecule is Cc1ccc(C2=C(CN3CCN(c4ccc(C)c(Oc5cnc6[nH]ccc6c5)c4)CC3)CCC(C)(C)C2)cc1. The van der Waals surface area contributed by atoms with Crippen LogP contribution in [-0.4, -0.2) is 47.6 Å². The van der Waals surface area contributed by atoms with Crippen molar-refractivity contribution in [2.75, 3.05) is 37.6 Å². The number of hydrogen-bond acceptors (Lipinski definition) is 4. The van der Waals surface area contributed by atoms with E-state index in [1.54, 1.807) is 17.3 Å². The Morgan fingerprint density at radius 1 is 0.949 bits per heavy atom. The van der Waals surface area contributed by atoms with Gasteiger partial charge in [-0.2, -0.15) is 0 Å². The molecule has 0 amide bonds. The zero-order chi connectivity index (χ0) is 27.0. The molecule has 2 aromatic carbocycles. The van der Waals surface area contributed by atoms with E-state index in [0.29, 0.717) is 5.41 Å². The Kier molecular flexibility index (Phi) is 6.94. The van der Waals surface area contributed by atoms with Crippen LogP contribution in [0.3, 0.4) is 0 Å². The fourth-order valence-electron chi connectivity index (χ4n) is 6.00. The molecule has 0 spiro atoms. The second-order valence-corrected chi connectivity index (χ2v) is 12.2. The first-order valence-corrected chi connectivity index (χ1v) is 14.3. The van der Waals surface area contributed by atoms with E-state index in [0.717, 1.165) is 60.8 Å². The second-order valence-electron chi connectivity index (χ2n) is 12.2. The van der Waals surface area contributed by atoms with Gasteiger partial charge in [-0.05, 0) is 73.4 Å². The maximum atomic E-state index is 6.30. The summed E-state index contributed by atoms with van der Waals surface area (Å²) in [5.41, 5.74) is 9.58. The summed E-state index contributed by atoms with van der Waals surface area (Å²) < 4.78 is 6.30. The van der Waals surface area contributed by atoms with Crippen molar-refractivity contribution in [1.82, 2.24) is 14.9 Å². The highest BCUT2D eigenvalue weighted by Crippen LogP contribution is 2.43. The minimum atomic E-state index is 0.372. The van der Waals surface area contributed by atoms with Crippen molar-refractivity contribution in [2.45, 2.75) is 47.0 Å². The van der Waals surface area contributed by atoms with E-state index in [1.165, 1.54) is 36.1 Å². The van der Waals surface area contributed by atoms with Gasteiger partial charge in [-0.15, -0.1) is 0 Å². The third-order valence-corrected chi connectivity index (χ3v) is 8.51. The predicted octanol–water partition coefficient (Wildman–Crippen LogP) is 7.76. The number of piperazine rings is 1. The fraction of sp³-hybridized carbons (Fsp3) is 0.382. The number of aryl methyl sites for hydroxylation is 2. The molecule has 2 aromatic heterocycles. The van der Waals surface area contributed by atoms with E-state index in [1.807, 2.05) is 18.3 Å². The van der Waals surface area contributed by atoms with Crippen molar-refractivity contribution in [2.24, 2.45) is 5.41 Å². The quantitative estimate of drug-likeness (QED) is 0.282. The average Bonchev–Trinajstić information content (AvgIpc) is 3.40. The smallest absolute Gasteiger partial charge is 0.146 e. The first-order chi connectivity index (χ1) is 18.8. The molecule has 1 fully saturated rings. The van der Waals surface area contributed by atoms with Gasteiger partial charge >= 0.3 is 0 Å². The molecule has 0 bridgehead atoms. The van der Waals surface area contributed by atoms with Crippen molar-refractivity contribution in [3.63, 3.8) is 0 Å². The van der Waals surface area contributed by atoms with Gasteiger partial charge in [0.05, 0.1) is 6.20 Å². The number of rotatable bonds is 6. The lowest BCUT2D eigenvalue weighted by Gasteiger charge is -2.39.